The van der Waals surface area contributed by atoms with Gasteiger partial charge in [-0.05, 0) is 31.0 Å². The average molecular weight is 369 g/mol. The summed E-state index contributed by atoms with van der Waals surface area (Å²) in [6, 6.07) is 11.0. The number of aryl methyl sites for hydroxylation is 2. The molecule has 2 aromatic carbocycles. The van der Waals surface area contributed by atoms with Crippen molar-refractivity contribution in [1.29, 1.82) is 0 Å². The number of carbonyl (C=O) groups excluding carboxylic acids is 2. The molecule has 0 atom stereocenters. The molecule has 2 aromatic rings. The molecule has 0 saturated heterocycles. The highest BCUT2D eigenvalue weighted by Gasteiger charge is 2.19. The summed E-state index contributed by atoms with van der Waals surface area (Å²) in [4.78, 5) is 25.9. The van der Waals surface area contributed by atoms with Gasteiger partial charge >= 0.3 is 6.03 Å². The molecule has 1 aliphatic heterocycles. The van der Waals surface area contributed by atoms with Gasteiger partial charge in [-0.15, -0.1) is 0 Å². The molecule has 0 spiro atoms. The second-order valence-corrected chi connectivity index (χ2v) is 6.48. The van der Waals surface area contributed by atoms with Crippen molar-refractivity contribution in [2.75, 3.05) is 25.7 Å². The maximum atomic E-state index is 12.3. The zero-order valence-electron chi connectivity index (χ0n) is 15.7. The molecule has 2 N–H and O–H groups in total. The summed E-state index contributed by atoms with van der Waals surface area (Å²) in [5, 5.41) is 5.67. The standard InChI is InChI=1S/C20H23N3O4/c1-13-6-4-7-14(2)18(13)22-17(24)11-23(3)20(25)21-10-15-8-5-9-16-19(15)27-12-26-16/h4-9H,10-12H2,1-3H3,(H,21,25)(H,22,24). The first-order chi connectivity index (χ1) is 13.0. The average Bonchev–Trinajstić information content (AvgIpc) is 3.12. The van der Waals surface area contributed by atoms with Gasteiger partial charge in [0.05, 0.1) is 0 Å². The third kappa shape index (κ3) is 4.31. The van der Waals surface area contributed by atoms with E-state index in [-0.39, 0.29) is 31.8 Å². The lowest BCUT2D eigenvalue weighted by Crippen LogP contribution is -2.41. The molecule has 0 aromatic heterocycles. The number of anilines is 1. The number of nitrogens with one attached hydrogen (secondary N) is 2. The van der Waals surface area contributed by atoms with Gasteiger partial charge in [-0.1, -0.05) is 30.3 Å². The van der Waals surface area contributed by atoms with E-state index in [1.165, 1.54) is 4.90 Å². The van der Waals surface area contributed by atoms with Crippen molar-refractivity contribution in [3.05, 3.63) is 53.1 Å². The molecule has 0 saturated carbocycles. The number of amides is 3. The van der Waals surface area contributed by atoms with Gasteiger partial charge in [0, 0.05) is 24.8 Å². The zero-order valence-corrected chi connectivity index (χ0v) is 15.7. The minimum atomic E-state index is -0.344. The van der Waals surface area contributed by atoms with Crippen LogP contribution in [0.4, 0.5) is 10.5 Å². The summed E-state index contributed by atoms with van der Waals surface area (Å²) >= 11 is 0. The molecule has 0 aliphatic carbocycles. The van der Waals surface area contributed by atoms with Gasteiger partial charge in [0.25, 0.3) is 0 Å². The van der Waals surface area contributed by atoms with Crippen LogP contribution in [0.5, 0.6) is 11.5 Å². The highest BCUT2D eigenvalue weighted by Crippen LogP contribution is 2.35. The second-order valence-electron chi connectivity index (χ2n) is 6.48. The molecule has 1 heterocycles. The number of urea groups is 1. The molecule has 3 amide bonds. The number of para-hydroxylation sites is 2. The Morgan fingerprint density at radius 2 is 1.78 bits per heavy atom. The van der Waals surface area contributed by atoms with Gasteiger partial charge in [-0.2, -0.15) is 0 Å². The first kappa shape index (κ1) is 18.6. The Hall–Kier alpha value is -3.22. The Labute approximate surface area is 158 Å². The van der Waals surface area contributed by atoms with Gasteiger partial charge in [0.2, 0.25) is 12.7 Å². The molecule has 0 fully saturated rings. The van der Waals surface area contributed by atoms with Gasteiger partial charge in [-0.3, -0.25) is 4.79 Å². The van der Waals surface area contributed by atoms with E-state index in [1.54, 1.807) is 7.05 Å². The van der Waals surface area contributed by atoms with E-state index in [9.17, 15) is 9.59 Å². The predicted molar refractivity (Wildman–Crippen MR) is 102 cm³/mol. The lowest BCUT2D eigenvalue weighted by atomic mass is 10.1. The topological polar surface area (TPSA) is 79.9 Å². The van der Waals surface area contributed by atoms with Gasteiger partial charge < -0.3 is 25.0 Å². The maximum absolute atomic E-state index is 12.3. The molecule has 7 nitrogen and oxygen atoms in total. The third-order valence-electron chi connectivity index (χ3n) is 4.38. The summed E-state index contributed by atoms with van der Waals surface area (Å²) in [5.74, 6) is 1.07. The first-order valence-electron chi connectivity index (χ1n) is 8.68. The fourth-order valence-electron chi connectivity index (χ4n) is 2.91. The highest BCUT2D eigenvalue weighted by molar-refractivity contribution is 5.95. The van der Waals surface area contributed by atoms with Crippen LogP contribution in [0, 0.1) is 13.8 Å². The Morgan fingerprint density at radius 1 is 1.07 bits per heavy atom. The second kappa shape index (κ2) is 7.99. The molecule has 0 unspecified atom stereocenters. The molecule has 27 heavy (non-hydrogen) atoms. The molecule has 0 bridgehead atoms. The van der Waals surface area contributed by atoms with E-state index in [2.05, 4.69) is 10.6 Å². The van der Waals surface area contributed by atoms with Crippen LogP contribution in [0.2, 0.25) is 0 Å². The van der Waals surface area contributed by atoms with Crippen molar-refractivity contribution in [2.24, 2.45) is 0 Å². The summed E-state index contributed by atoms with van der Waals surface area (Å²) in [7, 11) is 1.58. The summed E-state index contributed by atoms with van der Waals surface area (Å²) in [5.41, 5.74) is 3.58. The molecule has 7 heteroatoms. The predicted octanol–water partition coefficient (Wildman–Crippen LogP) is 2.81. The minimum absolute atomic E-state index is 0.0495. The number of ether oxygens (including phenoxy) is 2. The Kier molecular flexibility index (Phi) is 5.49. The number of likely N-dealkylation sites (N-methyl/N-ethyl adjacent to an activating group) is 1. The lowest BCUT2D eigenvalue weighted by molar-refractivity contribution is -0.116. The number of hydrogen-bond donors (Lipinski definition) is 2. The Morgan fingerprint density at radius 3 is 2.52 bits per heavy atom. The van der Waals surface area contributed by atoms with E-state index in [4.69, 9.17) is 9.47 Å². The van der Waals surface area contributed by atoms with Crippen molar-refractivity contribution >= 4 is 17.6 Å². The summed E-state index contributed by atoms with van der Waals surface area (Å²) < 4.78 is 10.7. The number of nitrogens with zero attached hydrogens (tertiary/aromatic N) is 1. The van der Waals surface area contributed by atoms with E-state index in [0.29, 0.717) is 11.5 Å². The van der Waals surface area contributed by atoms with E-state index in [0.717, 1.165) is 22.4 Å². The van der Waals surface area contributed by atoms with Crippen molar-refractivity contribution in [3.63, 3.8) is 0 Å². The fraction of sp³-hybridized carbons (Fsp3) is 0.300. The molecule has 3 rings (SSSR count). The number of fused-ring (bicyclic) bond motifs is 1. The number of benzene rings is 2. The molecule has 142 valence electrons. The lowest BCUT2D eigenvalue weighted by Gasteiger charge is -2.19. The van der Waals surface area contributed by atoms with Gasteiger partial charge in [-0.25, -0.2) is 4.79 Å². The van der Waals surface area contributed by atoms with E-state index < -0.39 is 0 Å². The zero-order chi connectivity index (χ0) is 19.4. The van der Waals surface area contributed by atoms with Gasteiger partial charge in [0.1, 0.15) is 6.54 Å². The van der Waals surface area contributed by atoms with Crippen molar-refractivity contribution in [1.82, 2.24) is 10.2 Å². The SMILES string of the molecule is Cc1cccc(C)c1NC(=O)CN(C)C(=O)NCc1cccc2c1OCO2. The Balaban J connectivity index is 1.53. The van der Waals surface area contributed by atoms with Crippen molar-refractivity contribution < 1.29 is 19.1 Å². The summed E-state index contributed by atoms with van der Waals surface area (Å²) in [6.45, 7) is 4.28. The van der Waals surface area contributed by atoms with E-state index in [1.807, 2.05) is 50.2 Å². The highest BCUT2D eigenvalue weighted by atomic mass is 16.7. The van der Waals surface area contributed by atoms with Crippen LogP contribution < -0.4 is 20.1 Å². The molecule has 0 radical (unpaired) electrons. The number of carbonyl (C=O) groups is 2. The van der Waals surface area contributed by atoms with Crippen LogP contribution in [0.15, 0.2) is 36.4 Å². The number of rotatable bonds is 5. The summed E-state index contributed by atoms with van der Waals surface area (Å²) in [6.07, 6.45) is 0. The Bertz CT molecular complexity index is 846. The van der Waals surface area contributed by atoms with Crippen LogP contribution in [-0.4, -0.2) is 37.2 Å². The van der Waals surface area contributed by atoms with Crippen molar-refractivity contribution in [2.45, 2.75) is 20.4 Å². The molecule has 1 aliphatic rings. The monoisotopic (exact) mass is 369 g/mol. The molecular weight excluding hydrogens is 346 g/mol. The van der Waals surface area contributed by atoms with E-state index >= 15 is 0 Å². The first-order valence-corrected chi connectivity index (χ1v) is 8.68. The quantitative estimate of drug-likeness (QED) is 0.849. The number of hydrogen-bond acceptors (Lipinski definition) is 4. The normalized spacial score (nSPS) is 11.8. The maximum Gasteiger partial charge on any atom is 0.317 e. The minimum Gasteiger partial charge on any atom is -0.454 e. The van der Waals surface area contributed by atoms with Crippen LogP contribution in [0.3, 0.4) is 0 Å². The van der Waals surface area contributed by atoms with Crippen LogP contribution in [0.1, 0.15) is 16.7 Å². The van der Waals surface area contributed by atoms with Gasteiger partial charge in [0.15, 0.2) is 11.5 Å². The smallest absolute Gasteiger partial charge is 0.317 e. The van der Waals surface area contributed by atoms with Crippen LogP contribution >= 0.6 is 0 Å². The molecular formula is C20H23N3O4. The fourth-order valence-corrected chi connectivity index (χ4v) is 2.91. The largest absolute Gasteiger partial charge is 0.454 e. The van der Waals surface area contributed by atoms with Crippen LogP contribution in [0.25, 0.3) is 0 Å². The third-order valence-corrected chi connectivity index (χ3v) is 4.38. The van der Waals surface area contributed by atoms with Crippen molar-refractivity contribution in [3.8, 4) is 11.5 Å². The van der Waals surface area contributed by atoms with Crippen LogP contribution in [-0.2, 0) is 11.3 Å².